The highest BCUT2D eigenvalue weighted by Crippen LogP contribution is 2.40. The lowest BCUT2D eigenvalue weighted by Crippen LogP contribution is -1.80. The molecule has 0 radical (unpaired) electrons. The monoisotopic (exact) mass is 269 g/mol. The smallest absolute Gasteiger partial charge is 0.0471 e. The van der Waals surface area contributed by atoms with E-state index >= 15 is 0 Å². The molecule has 0 fully saturated rings. The zero-order valence-corrected chi connectivity index (χ0v) is 11.9. The molecule has 4 aromatic rings. The highest BCUT2D eigenvalue weighted by atomic mass is 14.7. The van der Waals surface area contributed by atoms with Gasteiger partial charge in [-0.2, -0.15) is 0 Å². The molecule has 0 saturated heterocycles. The van der Waals surface area contributed by atoms with Crippen molar-refractivity contribution in [1.82, 2.24) is 4.98 Å². The first-order valence-corrected chi connectivity index (χ1v) is 7.43. The number of hydrogen-bond donors (Lipinski definition) is 1. The quantitative estimate of drug-likeness (QED) is 0.397. The summed E-state index contributed by atoms with van der Waals surface area (Å²) in [5.41, 5.74) is 9.46. The lowest BCUT2D eigenvalue weighted by Gasteiger charge is -2.01. The second kappa shape index (κ2) is 3.76. The zero-order chi connectivity index (χ0) is 14.0. The van der Waals surface area contributed by atoms with E-state index in [1.807, 2.05) is 0 Å². The van der Waals surface area contributed by atoms with E-state index in [1.165, 1.54) is 49.6 Å². The van der Waals surface area contributed by atoms with Gasteiger partial charge in [0, 0.05) is 21.8 Å². The van der Waals surface area contributed by atoms with E-state index in [4.69, 9.17) is 0 Å². The fraction of sp³-hybridized carbons (Fsp3) is 0.100. The molecule has 1 N–H and O–H groups in total. The number of hydrogen-bond acceptors (Lipinski definition) is 0. The highest BCUT2D eigenvalue weighted by Gasteiger charge is 2.19. The molecule has 1 aliphatic rings. The van der Waals surface area contributed by atoms with Gasteiger partial charge in [0.2, 0.25) is 0 Å². The largest absolute Gasteiger partial charge is 0.354 e. The number of H-pyrrole nitrogens is 1. The SMILES string of the molecule is Cc1ccc2[nH]c3cc4c(cc3c2c1)Cc1ccccc1-4. The topological polar surface area (TPSA) is 15.8 Å². The van der Waals surface area contributed by atoms with Gasteiger partial charge < -0.3 is 4.98 Å². The molecular weight excluding hydrogens is 254 g/mol. The molecule has 0 bridgehead atoms. The van der Waals surface area contributed by atoms with Crippen molar-refractivity contribution in [3.63, 3.8) is 0 Å². The lowest BCUT2D eigenvalue weighted by atomic mass is 10.0. The van der Waals surface area contributed by atoms with Crippen molar-refractivity contribution in [2.75, 3.05) is 0 Å². The van der Waals surface area contributed by atoms with Crippen molar-refractivity contribution in [2.24, 2.45) is 0 Å². The number of benzene rings is 3. The summed E-state index contributed by atoms with van der Waals surface area (Å²) in [4.78, 5) is 3.57. The van der Waals surface area contributed by atoms with Crippen LogP contribution >= 0.6 is 0 Å². The first-order valence-electron chi connectivity index (χ1n) is 7.43. The number of fused-ring (bicyclic) bond motifs is 6. The molecule has 0 amide bonds. The summed E-state index contributed by atoms with van der Waals surface area (Å²) in [5, 5.41) is 2.68. The summed E-state index contributed by atoms with van der Waals surface area (Å²) in [5.74, 6) is 0. The number of aryl methyl sites for hydroxylation is 1. The van der Waals surface area contributed by atoms with Crippen molar-refractivity contribution in [2.45, 2.75) is 13.3 Å². The summed E-state index contributed by atoms with van der Waals surface area (Å²) >= 11 is 0. The average Bonchev–Trinajstić information content (AvgIpc) is 3.02. The Morgan fingerprint density at radius 3 is 2.57 bits per heavy atom. The molecule has 1 heterocycles. The van der Waals surface area contributed by atoms with Gasteiger partial charge in [-0.1, -0.05) is 35.9 Å². The van der Waals surface area contributed by atoms with Crippen molar-refractivity contribution in [3.05, 3.63) is 71.3 Å². The van der Waals surface area contributed by atoms with Crippen molar-refractivity contribution in [3.8, 4) is 11.1 Å². The van der Waals surface area contributed by atoms with Gasteiger partial charge in [-0.15, -0.1) is 0 Å². The molecule has 5 rings (SSSR count). The predicted octanol–water partition coefficient (Wildman–Crippen LogP) is 5.20. The Morgan fingerprint density at radius 2 is 1.62 bits per heavy atom. The minimum Gasteiger partial charge on any atom is -0.354 e. The van der Waals surface area contributed by atoms with Crippen molar-refractivity contribution in [1.29, 1.82) is 0 Å². The Morgan fingerprint density at radius 1 is 0.762 bits per heavy atom. The fourth-order valence-corrected chi connectivity index (χ4v) is 3.65. The first kappa shape index (κ1) is 11.2. The second-order valence-corrected chi connectivity index (χ2v) is 6.06. The Kier molecular flexibility index (Phi) is 2.00. The van der Waals surface area contributed by atoms with Crippen LogP contribution in [-0.4, -0.2) is 4.98 Å². The summed E-state index contributed by atoms with van der Waals surface area (Å²) in [7, 11) is 0. The number of nitrogens with one attached hydrogen (secondary N) is 1. The third-order valence-corrected chi connectivity index (χ3v) is 4.67. The number of rotatable bonds is 0. The molecule has 1 heteroatoms. The predicted molar refractivity (Wildman–Crippen MR) is 88.8 cm³/mol. The maximum absolute atomic E-state index is 3.57. The minimum absolute atomic E-state index is 1.06. The number of aromatic nitrogens is 1. The zero-order valence-electron chi connectivity index (χ0n) is 11.9. The minimum atomic E-state index is 1.06. The third kappa shape index (κ3) is 1.46. The van der Waals surface area contributed by atoms with Gasteiger partial charge in [-0.25, -0.2) is 0 Å². The van der Waals surface area contributed by atoms with Crippen LogP contribution in [0.2, 0.25) is 0 Å². The van der Waals surface area contributed by atoms with Crippen LogP contribution in [-0.2, 0) is 6.42 Å². The van der Waals surface area contributed by atoms with Crippen LogP contribution in [0.15, 0.2) is 54.6 Å². The maximum atomic E-state index is 3.57. The fourth-order valence-electron chi connectivity index (χ4n) is 3.65. The summed E-state index contributed by atoms with van der Waals surface area (Å²) in [6.07, 6.45) is 1.06. The van der Waals surface area contributed by atoms with Crippen LogP contribution < -0.4 is 0 Å². The Bertz CT molecular complexity index is 1020. The molecule has 0 unspecified atom stereocenters. The standard InChI is InChI=1S/C20H15N/c1-12-6-7-19-17(8-12)18-10-14-9-13-4-2-3-5-15(13)16(14)11-20(18)21-19/h2-8,10-11,21H,9H2,1H3. The van der Waals surface area contributed by atoms with Crippen LogP contribution in [0.5, 0.6) is 0 Å². The second-order valence-electron chi connectivity index (χ2n) is 6.06. The molecule has 100 valence electrons. The molecule has 3 aromatic carbocycles. The van der Waals surface area contributed by atoms with Crippen LogP contribution in [0, 0.1) is 6.92 Å². The van der Waals surface area contributed by atoms with Crippen molar-refractivity contribution >= 4 is 21.8 Å². The molecule has 1 nitrogen and oxygen atoms in total. The van der Waals surface area contributed by atoms with E-state index in [2.05, 4.69) is 66.5 Å². The van der Waals surface area contributed by atoms with Crippen LogP contribution in [0.25, 0.3) is 32.9 Å². The normalized spacial score (nSPS) is 12.8. The van der Waals surface area contributed by atoms with E-state index in [-0.39, 0.29) is 0 Å². The van der Waals surface area contributed by atoms with Crippen LogP contribution in [0.1, 0.15) is 16.7 Å². The molecule has 1 aliphatic carbocycles. The summed E-state index contributed by atoms with van der Waals surface area (Å²) < 4.78 is 0. The average molecular weight is 269 g/mol. The maximum Gasteiger partial charge on any atom is 0.0471 e. The molecule has 0 spiro atoms. The number of aromatic amines is 1. The Hall–Kier alpha value is -2.54. The molecular formula is C20H15N. The van der Waals surface area contributed by atoms with E-state index in [1.54, 1.807) is 0 Å². The van der Waals surface area contributed by atoms with Crippen LogP contribution in [0.3, 0.4) is 0 Å². The van der Waals surface area contributed by atoms with E-state index in [0.717, 1.165) is 6.42 Å². The molecule has 21 heavy (non-hydrogen) atoms. The van der Waals surface area contributed by atoms with Crippen molar-refractivity contribution < 1.29 is 0 Å². The Balaban J connectivity index is 1.88. The highest BCUT2D eigenvalue weighted by molar-refractivity contribution is 6.09. The molecule has 0 aliphatic heterocycles. The van der Waals surface area contributed by atoms with E-state index in [0.29, 0.717) is 0 Å². The van der Waals surface area contributed by atoms with Gasteiger partial charge in [0.25, 0.3) is 0 Å². The third-order valence-electron chi connectivity index (χ3n) is 4.67. The molecule has 0 atom stereocenters. The van der Waals surface area contributed by atoms with E-state index < -0.39 is 0 Å². The van der Waals surface area contributed by atoms with Gasteiger partial charge in [0.1, 0.15) is 0 Å². The van der Waals surface area contributed by atoms with Gasteiger partial charge >= 0.3 is 0 Å². The van der Waals surface area contributed by atoms with Gasteiger partial charge in [-0.05, 0) is 59.9 Å². The molecule has 1 aromatic heterocycles. The summed E-state index contributed by atoms with van der Waals surface area (Å²) in [6, 6.07) is 20.1. The van der Waals surface area contributed by atoms with Gasteiger partial charge in [0.15, 0.2) is 0 Å². The van der Waals surface area contributed by atoms with Gasteiger partial charge in [0.05, 0.1) is 0 Å². The lowest BCUT2D eigenvalue weighted by molar-refractivity contribution is 1.27. The van der Waals surface area contributed by atoms with Crippen LogP contribution in [0.4, 0.5) is 0 Å². The summed E-state index contributed by atoms with van der Waals surface area (Å²) in [6.45, 7) is 2.15. The van der Waals surface area contributed by atoms with E-state index in [9.17, 15) is 0 Å². The van der Waals surface area contributed by atoms with Gasteiger partial charge in [-0.3, -0.25) is 0 Å². The Labute approximate surface area is 123 Å². The first-order chi connectivity index (χ1) is 10.3. The molecule has 0 saturated carbocycles.